The molecular weight excluding hydrogens is 298 g/mol. The minimum Gasteiger partial charge on any atom is -0.382 e. The third-order valence-electron chi connectivity index (χ3n) is 4.54. The predicted molar refractivity (Wildman–Crippen MR) is 96.7 cm³/mol. The number of benzene rings is 2. The fourth-order valence-electron chi connectivity index (χ4n) is 3.21. The zero-order valence-corrected chi connectivity index (χ0v) is 13.5. The number of hydrogen-bond donors (Lipinski definition) is 1. The van der Waals surface area contributed by atoms with Gasteiger partial charge in [-0.1, -0.05) is 18.2 Å². The van der Waals surface area contributed by atoms with Crippen molar-refractivity contribution in [1.29, 1.82) is 0 Å². The highest BCUT2D eigenvalue weighted by Crippen LogP contribution is 2.22. The number of nitrogens with zero attached hydrogens (tertiary/aromatic N) is 4. The second-order valence-electron chi connectivity index (χ2n) is 6.13. The molecule has 122 valence electrons. The van der Waals surface area contributed by atoms with Crippen LogP contribution in [0, 0.1) is 0 Å². The molecule has 0 aliphatic carbocycles. The predicted octanol–water partition coefficient (Wildman–Crippen LogP) is 3.35. The van der Waals surface area contributed by atoms with Crippen LogP contribution in [0.1, 0.15) is 12.8 Å². The quantitative estimate of drug-likeness (QED) is 0.801. The van der Waals surface area contributed by atoms with Crippen molar-refractivity contribution in [3.8, 4) is 5.69 Å². The van der Waals surface area contributed by atoms with Gasteiger partial charge >= 0.3 is 0 Å². The number of aromatic nitrogens is 3. The van der Waals surface area contributed by atoms with Gasteiger partial charge in [0.25, 0.3) is 0 Å². The lowest BCUT2D eigenvalue weighted by Gasteiger charge is -2.34. The minimum atomic E-state index is 0.530. The largest absolute Gasteiger partial charge is 0.382 e. The Labute approximate surface area is 142 Å². The molecule has 3 aromatic rings. The van der Waals surface area contributed by atoms with Gasteiger partial charge in [-0.25, -0.2) is 9.67 Å². The minimum absolute atomic E-state index is 0.530. The number of hydrogen-bond acceptors (Lipinski definition) is 4. The van der Waals surface area contributed by atoms with Crippen LogP contribution in [-0.2, 0) is 0 Å². The van der Waals surface area contributed by atoms with Gasteiger partial charge in [0.05, 0.1) is 5.69 Å². The van der Waals surface area contributed by atoms with Gasteiger partial charge in [0.15, 0.2) is 0 Å². The van der Waals surface area contributed by atoms with E-state index in [-0.39, 0.29) is 0 Å². The van der Waals surface area contributed by atoms with E-state index in [2.05, 4.69) is 74.9 Å². The lowest BCUT2D eigenvalue weighted by atomic mass is 10.0. The second-order valence-corrected chi connectivity index (χ2v) is 6.13. The number of piperidine rings is 1. The molecule has 1 saturated heterocycles. The first-order chi connectivity index (χ1) is 11.9. The summed E-state index contributed by atoms with van der Waals surface area (Å²) in [5, 5.41) is 7.80. The number of rotatable bonds is 4. The first-order valence-electron chi connectivity index (χ1n) is 8.40. The van der Waals surface area contributed by atoms with Gasteiger partial charge in [0.2, 0.25) is 0 Å². The zero-order chi connectivity index (χ0) is 16.2. The van der Waals surface area contributed by atoms with Gasteiger partial charge in [-0.15, -0.1) is 0 Å². The van der Waals surface area contributed by atoms with E-state index in [0.29, 0.717) is 6.04 Å². The van der Waals surface area contributed by atoms with E-state index in [4.69, 9.17) is 0 Å². The molecule has 0 saturated carbocycles. The summed E-state index contributed by atoms with van der Waals surface area (Å²) in [6, 6.07) is 19.6. The molecular formula is C19H21N5. The Hall–Kier alpha value is -2.82. The van der Waals surface area contributed by atoms with Crippen molar-refractivity contribution in [1.82, 2.24) is 14.8 Å². The monoisotopic (exact) mass is 319 g/mol. The van der Waals surface area contributed by atoms with Gasteiger partial charge < -0.3 is 10.2 Å². The average molecular weight is 319 g/mol. The van der Waals surface area contributed by atoms with Gasteiger partial charge in [-0.2, -0.15) is 5.10 Å². The van der Waals surface area contributed by atoms with E-state index < -0.39 is 0 Å². The fraction of sp³-hybridized carbons (Fsp3) is 0.263. The number of nitrogens with one attached hydrogen (secondary N) is 1. The molecule has 0 unspecified atom stereocenters. The van der Waals surface area contributed by atoms with Crippen molar-refractivity contribution in [3.05, 3.63) is 67.3 Å². The summed E-state index contributed by atoms with van der Waals surface area (Å²) in [5.74, 6) is 0. The van der Waals surface area contributed by atoms with Crippen molar-refractivity contribution in [2.24, 2.45) is 0 Å². The summed E-state index contributed by atoms with van der Waals surface area (Å²) in [6.07, 6.45) is 5.56. The lowest BCUT2D eigenvalue weighted by molar-refractivity contribution is 0.527. The van der Waals surface area contributed by atoms with E-state index >= 15 is 0 Å². The molecule has 0 amide bonds. The smallest absolute Gasteiger partial charge is 0.138 e. The summed E-state index contributed by atoms with van der Waals surface area (Å²) in [6.45, 7) is 2.19. The maximum Gasteiger partial charge on any atom is 0.138 e. The molecule has 0 atom stereocenters. The SMILES string of the molecule is c1ccc(N2CCC(Nc3ccc(-n4cncn4)cc3)CC2)cc1. The van der Waals surface area contributed by atoms with Gasteiger partial charge in [0, 0.05) is 30.5 Å². The van der Waals surface area contributed by atoms with Crippen LogP contribution in [-0.4, -0.2) is 33.9 Å². The van der Waals surface area contributed by atoms with Crippen LogP contribution in [0.2, 0.25) is 0 Å². The third-order valence-corrected chi connectivity index (χ3v) is 4.54. The Morgan fingerprint density at radius 3 is 2.29 bits per heavy atom. The topological polar surface area (TPSA) is 46.0 Å². The van der Waals surface area contributed by atoms with Gasteiger partial charge in [0.1, 0.15) is 12.7 Å². The van der Waals surface area contributed by atoms with Crippen molar-refractivity contribution in [2.45, 2.75) is 18.9 Å². The van der Waals surface area contributed by atoms with E-state index in [1.807, 2.05) is 0 Å². The Balaban J connectivity index is 1.34. The molecule has 1 fully saturated rings. The molecule has 1 aromatic heterocycles. The average Bonchev–Trinajstić information content (AvgIpc) is 3.18. The Morgan fingerprint density at radius 2 is 1.62 bits per heavy atom. The van der Waals surface area contributed by atoms with Crippen molar-refractivity contribution >= 4 is 11.4 Å². The molecule has 24 heavy (non-hydrogen) atoms. The standard InChI is InChI=1S/C19H21N5/c1-2-4-18(5-3-1)23-12-10-17(11-13-23)22-16-6-8-19(9-7-16)24-15-20-14-21-24/h1-9,14-15,17,22H,10-13H2. The van der Waals surface area contributed by atoms with Crippen LogP contribution in [0.25, 0.3) is 5.69 Å². The summed E-state index contributed by atoms with van der Waals surface area (Å²) < 4.78 is 1.77. The summed E-state index contributed by atoms with van der Waals surface area (Å²) in [4.78, 5) is 6.44. The molecule has 2 aromatic carbocycles. The Kier molecular flexibility index (Phi) is 4.14. The molecule has 0 spiro atoms. The third kappa shape index (κ3) is 3.25. The maximum absolute atomic E-state index is 4.15. The zero-order valence-electron chi connectivity index (χ0n) is 13.5. The summed E-state index contributed by atoms with van der Waals surface area (Å²) >= 11 is 0. The van der Waals surface area contributed by atoms with Crippen LogP contribution in [0.15, 0.2) is 67.3 Å². The van der Waals surface area contributed by atoms with Crippen LogP contribution < -0.4 is 10.2 Å². The first-order valence-corrected chi connectivity index (χ1v) is 8.40. The maximum atomic E-state index is 4.15. The van der Waals surface area contributed by atoms with Crippen LogP contribution in [0.3, 0.4) is 0 Å². The van der Waals surface area contributed by atoms with Crippen LogP contribution >= 0.6 is 0 Å². The fourth-order valence-corrected chi connectivity index (χ4v) is 3.21. The molecule has 2 heterocycles. The molecule has 4 rings (SSSR count). The highest BCUT2D eigenvalue weighted by atomic mass is 15.3. The molecule has 0 radical (unpaired) electrons. The van der Waals surface area contributed by atoms with Crippen LogP contribution in [0.4, 0.5) is 11.4 Å². The van der Waals surface area contributed by atoms with E-state index in [9.17, 15) is 0 Å². The second kappa shape index (κ2) is 6.74. The van der Waals surface area contributed by atoms with E-state index in [0.717, 1.165) is 37.3 Å². The van der Waals surface area contributed by atoms with E-state index in [1.165, 1.54) is 5.69 Å². The Bertz CT molecular complexity index is 744. The van der Waals surface area contributed by atoms with Crippen molar-refractivity contribution < 1.29 is 0 Å². The van der Waals surface area contributed by atoms with Crippen molar-refractivity contribution in [2.75, 3.05) is 23.3 Å². The summed E-state index contributed by atoms with van der Waals surface area (Å²) in [5.41, 5.74) is 3.52. The molecule has 5 nitrogen and oxygen atoms in total. The molecule has 0 bridgehead atoms. The van der Waals surface area contributed by atoms with Gasteiger partial charge in [-0.3, -0.25) is 0 Å². The number of anilines is 2. The highest BCUT2D eigenvalue weighted by Gasteiger charge is 2.19. The highest BCUT2D eigenvalue weighted by molar-refractivity contribution is 5.50. The molecule has 1 N–H and O–H groups in total. The molecule has 1 aliphatic heterocycles. The molecule has 5 heteroatoms. The van der Waals surface area contributed by atoms with Crippen molar-refractivity contribution in [3.63, 3.8) is 0 Å². The first kappa shape index (κ1) is 14.8. The summed E-state index contributed by atoms with van der Waals surface area (Å²) in [7, 11) is 0. The number of para-hydroxylation sites is 1. The van der Waals surface area contributed by atoms with Gasteiger partial charge in [-0.05, 0) is 49.2 Å². The van der Waals surface area contributed by atoms with Crippen LogP contribution in [0.5, 0.6) is 0 Å². The van der Waals surface area contributed by atoms with E-state index in [1.54, 1.807) is 17.3 Å². The lowest BCUT2D eigenvalue weighted by Crippen LogP contribution is -2.39. The Morgan fingerprint density at radius 1 is 0.875 bits per heavy atom. The normalized spacial score (nSPS) is 15.4. The molecule has 1 aliphatic rings.